The maximum absolute atomic E-state index is 13.7. The van der Waals surface area contributed by atoms with Gasteiger partial charge in [-0.05, 0) is 55.2 Å². The smallest absolute Gasteiger partial charge is 0.290 e. The highest BCUT2D eigenvalue weighted by atomic mass is 35.5. The Bertz CT molecular complexity index is 1250. The van der Waals surface area contributed by atoms with Gasteiger partial charge in [-0.15, -0.1) is 0 Å². The molecule has 1 aliphatic rings. The predicted octanol–water partition coefficient (Wildman–Crippen LogP) is 5.91. The lowest BCUT2D eigenvalue weighted by molar-refractivity contribution is 0.0707. The fraction of sp³-hybridized carbons (Fsp3) is 0.407. The van der Waals surface area contributed by atoms with Gasteiger partial charge in [-0.25, -0.2) is 0 Å². The largest absolute Gasteiger partial charge is 0.494 e. The summed E-state index contributed by atoms with van der Waals surface area (Å²) < 4.78 is 17.2. The number of nitrogens with zero attached hydrogens (tertiary/aromatic N) is 1. The van der Waals surface area contributed by atoms with Crippen molar-refractivity contribution in [2.24, 2.45) is 0 Å². The van der Waals surface area contributed by atoms with E-state index in [9.17, 15) is 9.59 Å². The maximum Gasteiger partial charge on any atom is 0.290 e. The molecule has 180 valence electrons. The van der Waals surface area contributed by atoms with Crippen LogP contribution >= 0.6 is 11.6 Å². The number of benzene rings is 2. The second-order valence-corrected chi connectivity index (χ2v) is 9.05. The number of methoxy groups -OCH3 is 1. The molecule has 0 bridgehead atoms. The van der Waals surface area contributed by atoms with Gasteiger partial charge in [0.05, 0.1) is 23.6 Å². The number of rotatable bonds is 10. The van der Waals surface area contributed by atoms with Crippen LogP contribution in [0.5, 0.6) is 5.75 Å². The minimum atomic E-state index is -0.570. The molecule has 3 aromatic rings. The van der Waals surface area contributed by atoms with Crippen LogP contribution in [0.1, 0.15) is 65.9 Å². The number of aryl methyl sites for hydroxylation is 1. The Hall–Kier alpha value is -2.83. The SMILES string of the molecule is CCCCCOc1cccc(C2c3c(oc4cc(C)c(Cl)cc4c3=O)C(=O)N2CCCOC)c1. The van der Waals surface area contributed by atoms with Crippen molar-refractivity contribution >= 4 is 28.5 Å². The Kier molecular flexibility index (Phi) is 7.59. The molecule has 0 spiro atoms. The fourth-order valence-electron chi connectivity index (χ4n) is 4.41. The topological polar surface area (TPSA) is 69.0 Å². The predicted molar refractivity (Wildman–Crippen MR) is 133 cm³/mol. The summed E-state index contributed by atoms with van der Waals surface area (Å²) in [6.45, 7) is 5.55. The molecule has 0 saturated carbocycles. The van der Waals surface area contributed by atoms with Gasteiger partial charge < -0.3 is 18.8 Å². The number of hydrogen-bond donors (Lipinski definition) is 0. The Morgan fingerprint density at radius 2 is 1.91 bits per heavy atom. The number of fused-ring (bicyclic) bond motifs is 2. The van der Waals surface area contributed by atoms with Crippen molar-refractivity contribution in [3.8, 4) is 5.75 Å². The Morgan fingerprint density at radius 1 is 1.09 bits per heavy atom. The number of ether oxygens (including phenoxy) is 2. The summed E-state index contributed by atoms with van der Waals surface area (Å²) in [6.07, 6.45) is 3.84. The minimum absolute atomic E-state index is 0.0934. The Morgan fingerprint density at radius 3 is 2.68 bits per heavy atom. The lowest BCUT2D eigenvalue weighted by Gasteiger charge is -2.25. The average molecular weight is 484 g/mol. The van der Waals surface area contributed by atoms with Crippen LogP contribution < -0.4 is 10.2 Å². The van der Waals surface area contributed by atoms with Crippen molar-refractivity contribution in [1.29, 1.82) is 0 Å². The van der Waals surface area contributed by atoms with Gasteiger partial charge in [-0.2, -0.15) is 0 Å². The molecule has 2 aromatic carbocycles. The second-order valence-electron chi connectivity index (χ2n) is 8.65. The minimum Gasteiger partial charge on any atom is -0.494 e. The molecule has 0 N–H and O–H groups in total. The Labute approximate surface area is 204 Å². The first-order chi connectivity index (χ1) is 16.5. The van der Waals surface area contributed by atoms with E-state index in [1.165, 1.54) is 0 Å². The van der Waals surface area contributed by atoms with Crippen LogP contribution in [0.3, 0.4) is 0 Å². The normalized spacial score (nSPS) is 15.2. The molecule has 1 aromatic heterocycles. The molecule has 0 fully saturated rings. The molecule has 2 heterocycles. The van der Waals surface area contributed by atoms with Crippen LogP contribution in [-0.4, -0.2) is 37.7 Å². The van der Waals surface area contributed by atoms with Gasteiger partial charge in [-0.1, -0.05) is 43.5 Å². The second kappa shape index (κ2) is 10.6. The third-order valence-electron chi connectivity index (χ3n) is 6.18. The lowest BCUT2D eigenvalue weighted by atomic mass is 9.98. The molecule has 1 unspecified atom stereocenters. The van der Waals surface area contributed by atoms with Gasteiger partial charge >= 0.3 is 0 Å². The van der Waals surface area contributed by atoms with E-state index < -0.39 is 6.04 Å². The summed E-state index contributed by atoms with van der Waals surface area (Å²) in [5.74, 6) is 0.517. The van der Waals surface area contributed by atoms with Gasteiger partial charge in [-0.3, -0.25) is 9.59 Å². The van der Waals surface area contributed by atoms with E-state index in [-0.39, 0.29) is 17.1 Å². The van der Waals surface area contributed by atoms with Crippen molar-refractivity contribution in [1.82, 2.24) is 4.90 Å². The van der Waals surface area contributed by atoms with E-state index in [1.807, 2.05) is 31.2 Å². The van der Waals surface area contributed by atoms with E-state index in [2.05, 4.69) is 6.92 Å². The maximum atomic E-state index is 13.7. The first kappa shape index (κ1) is 24.3. The Balaban J connectivity index is 1.80. The molecule has 0 aliphatic carbocycles. The van der Waals surface area contributed by atoms with Crippen LogP contribution in [0, 0.1) is 6.92 Å². The summed E-state index contributed by atoms with van der Waals surface area (Å²) in [7, 11) is 1.63. The number of unbranched alkanes of at least 4 members (excludes halogenated alkanes) is 2. The molecule has 0 radical (unpaired) electrons. The van der Waals surface area contributed by atoms with Crippen LogP contribution in [-0.2, 0) is 4.74 Å². The molecular weight excluding hydrogens is 454 g/mol. The van der Waals surface area contributed by atoms with E-state index in [1.54, 1.807) is 24.1 Å². The summed E-state index contributed by atoms with van der Waals surface area (Å²) in [5.41, 5.74) is 2.06. The molecule has 1 aliphatic heterocycles. The van der Waals surface area contributed by atoms with Gasteiger partial charge in [0.2, 0.25) is 5.76 Å². The first-order valence-electron chi connectivity index (χ1n) is 11.8. The summed E-state index contributed by atoms with van der Waals surface area (Å²) in [5, 5.41) is 0.859. The van der Waals surface area contributed by atoms with Gasteiger partial charge in [0, 0.05) is 25.3 Å². The van der Waals surface area contributed by atoms with Crippen molar-refractivity contribution in [3.63, 3.8) is 0 Å². The number of amides is 1. The quantitative estimate of drug-likeness (QED) is 0.335. The van der Waals surface area contributed by atoms with Crippen molar-refractivity contribution in [3.05, 3.63) is 74.1 Å². The highest BCUT2D eigenvalue weighted by Gasteiger charge is 2.42. The monoisotopic (exact) mass is 483 g/mol. The fourth-order valence-corrected chi connectivity index (χ4v) is 4.58. The zero-order chi connectivity index (χ0) is 24.2. The zero-order valence-electron chi connectivity index (χ0n) is 19.9. The van der Waals surface area contributed by atoms with Gasteiger partial charge in [0.25, 0.3) is 5.91 Å². The standard InChI is InChI=1S/C27H30ClNO5/c1-4-5-6-13-33-19-10-7-9-18(15-19)24-23-25(30)20-16-21(28)17(2)14-22(20)34-26(23)27(31)29(24)11-8-12-32-3/h7,9-10,14-16,24H,4-6,8,11-13H2,1-3H3. The van der Waals surface area contributed by atoms with Crippen molar-refractivity contribution in [2.75, 3.05) is 26.9 Å². The van der Waals surface area contributed by atoms with Crippen LogP contribution in [0.4, 0.5) is 0 Å². The summed E-state index contributed by atoms with van der Waals surface area (Å²) in [4.78, 5) is 28.8. The average Bonchev–Trinajstić information content (AvgIpc) is 3.10. The van der Waals surface area contributed by atoms with E-state index in [4.69, 9.17) is 25.5 Å². The highest BCUT2D eigenvalue weighted by Crippen LogP contribution is 2.39. The molecule has 6 nitrogen and oxygen atoms in total. The summed E-state index contributed by atoms with van der Waals surface area (Å²) >= 11 is 6.31. The lowest BCUT2D eigenvalue weighted by Crippen LogP contribution is -2.31. The number of halogens is 1. The molecule has 7 heteroatoms. The zero-order valence-corrected chi connectivity index (χ0v) is 20.6. The van der Waals surface area contributed by atoms with Crippen LogP contribution in [0.15, 0.2) is 45.6 Å². The van der Waals surface area contributed by atoms with Gasteiger partial charge in [0.15, 0.2) is 5.43 Å². The van der Waals surface area contributed by atoms with Crippen molar-refractivity contribution in [2.45, 2.75) is 45.6 Å². The van der Waals surface area contributed by atoms with Crippen molar-refractivity contribution < 1.29 is 18.7 Å². The van der Waals surface area contributed by atoms with Crippen LogP contribution in [0.25, 0.3) is 11.0 Å². The van der Waals surface area contributed by atoms with E-state index in [0.29, 0.717) is 47.7 Å². The third kappa shape index (κ3) is 4.70. The van der Waals surface area contributed by atoms with Crippen LogP contribution in [0.2, 0.25) is 5.02 Å². The molecule has 0 saturated heterocycles. The summed E-state index contributed by atoms with van der Waals surface area (Å²) in [6, 6.07) is 10.4. The molecule has 4 rings (SSSR count). The first-order valence-corrected chi connectivity index (χ1v) is 12.1. The highest BCUT2D eigenvalue weighted by molar-refractivity contribution is 6.32. The number of carbonyl (C=O) groups is 1. The molecular formula is C27H30ClNO5. The molecule has 1 amide bonds. The van der Waals surface area contributed by atoms with E-state index >= 15 is 0 Å². The number of carbonyl (C=O) groups excluding carboxylic acids is 1. The van der Waals surface area contributed by atoms with Gasteiger partial charge in [0.1, 0.15) is 11.3 Å². The molecule has 34 heavy (non-hydrogen) atoms. The van der Waals surface area contributed by atoms with E-state index in [0.717, 1.165) is 36.1 Å². The third-order valence-corrected chi connectivity index (χ3v) is 6.59. The molecule has 1 atom stereocenters. The number of hydrogen-bond acceptors (Lipinski definition) is 5.